The molecule has 1 unspecified atom stereocenters. The van der Waals surface area contributed by atoms with Crippen LogP contribution >= 0.6 is 11.3 Å². The molecule has 0 amide bonds. The molecule has 0 aliphatic rings. The van der Waals surface area contributed by atoms with Crippen molar-refractivity contribution in [1.82, 2.24) is 15.0 Å². The van der Waals surface area contributed by atoms with Crippen molar-refractivity contribution in [1.29, 1.82) is 0 Å². The van der Waals surface area contributed by atoms with Gasteiger partial charge in [-0.2, -0.15) is 4.72 Å². The van der Waals surface area contributed by atoms with E-state index in [1.54, 1.807) is 31.5 Å². The maximum absolute atomic E-state index is 12.5. The average Bonchev–Trinajstić information content (AvgIpc) is 3.04. The summed E-state index contributed by atoms with van der Waals surface area (Å²) >= 11 is 1.42. The van der Waals surface area contributed by atoms with E-state index >= 15 is 0 Å². The molecule has 0 fully saturated rings. The second-order valence-electron chi connectivity index (χ2n) is 4.64. The third-order valence-electron chi connectivity index (χ3n) is 2.87. The Morgan fingerprint density at radius 2 is 2.24 bits per heavy atom. The third kappa shape index (κ3) is 3.91. The predicted molar refractivity (Wildman–Crippen MR) is 81.7 cm³/mol. The SMILES string of the molecule is CCNCc1sccc1S(=O)(=O)NC(C)c1ncc(C)o1. The van der Waals surface area contributed by atoms with Gasteiger partial charge in [0.2, 0.25) is 15.9 Å². The van der Waals surface area contributed by atoms with Gasteiger partial charge in [0, 0.05) is 11.4 Å². The molecule has 0 spiro atoms. The minimum Gasteiger partial charge on any atom is -0.444 e. The molecular formula is C13H19N3O3S2. The first-order valence-corrected chi connectivity index (χ1v) is 9.02. The number of oxazole rings is 1. The summed E-state index contributed by atoms with van der Waals surface area (Å²) in [5.74, 6) is 1.01. The van der Waals surface area contributed by atoms with Gasteiger partial charge in [-0.15, -0.1) is 11.3 Å². The fourth-order valence-corrected chi connectivity index (χ4v) is 4.46. The lowest BCUT2D eigenvalue weighted by Crippen LogP contribution is -2.28. The highest BCUT2D eigenvalue weighted by molar-refractivity contribution is 7.89. The third-order valence-corrected chi connectivity index (χ3v) is 5.55. The van der Waals surface area contributed by atoms with Crippen molar-refractivity contribution >= 4 is 21.4 Å². The molecule has 1 atom stereocenters. The summed E-state index contributed by atoms with van der Waals surface area (Å²) in [6, 6.07) is 1.10. The van der Waals surface area contributed by atoms with Gasteiger partial charge in [-0.1, -0.05) is 6.92 Å². The molecule has 0 saturated carbocycles. The first-order chi connectivity index (χ1) is 9.94. The molecule has 2 rings (SSSR count). The summed E-state index contributed by atoms with van der Waals surface area (Å²) in [6.45, 7) is 6.78. The van der Waals surface area contributed by atoms with Crippen LogP contribution in [0.2, 0.25) is 0 Å². The van der Waals surface area contributed by atoms with Crippen molar-refractivity contribution in [3.05, 3.63) is 34.2 Å². The number of hydrogen-bond acceptors (Lipinski definition) is 6. The van der Waals surface area contributed by atoms with Gasteiger partial charge in [0.1, 0.15) is 5.76 Å². The molecule has 0 aliphatic carbocycles. The van der Waals surface area contributed by atoms with Crippen LogP contribution in [-0.4, -0.2) is 19.9 Å². The zero-order valence-corrected chi connectivity index (χ0v) is 13.8. The highest BCUT2D eigenvalue weighted by Crippen LogP contribution is 2.24. The molecule has 2 heterocycles. The molecule has 2 N–H and O–H groups in total. The van der Waals surface area contributed by atoms with Gasteiger partial charge in [0.15, 0.2) is 0 Å². The Bertz CT molecular complexity index is 691. The number of aryl methyl sites for hydroxylation is 1. The van der Waals surface area contributed by atoms with Gasteiger partial charge >= 0.3 is 0 Å². The highest BCUT2D eigenvalue weighted by atomic mass is 32.2. The van der Waals surface area contributed by atoms with E-state index < -0.39 is 16.1 Å². The molecule has 0 aliphatic heterocycles. The zero-order chi connectivity index (χ0) is 15.5. The van der Waals surface area contributed by atoms with E-state index in [9.17, 15) is 8.42 Å². The summed E-state index contributed by atoms with van der Waals surface area (Å²) < 4.78 is 32.9. The van der Waals surface area contributed by atoms with Gasteiger partial charge in [-0.3, -0.25) is 0 Å². The molecule has 0 radical (unpaired) electrons. The molecule has 2 aromatic rings. The number of nitrogens with one attached hydrogen (secondary N) is 2. The summed E-state index contributed by atoms with van der Waals surface area (Å²) in [7, 11) is -3.60. The molecular weight excluding hydrogens is 310 g/mol. The van der Waals surface area contributed by atoms with Crippen molar-refractivity contribution in [3.8, 4) is 0 Å². The number of sulfonamides is 1. The van der Waals surface area contributed by atoms with E-state index in [2.05, 4.69) is 15.0 Å². The Morgan fingerprint density at radius 1 is 1.48 bits per heavy atom. The molecule has 8 heteroatoms. The topological polar surface area (TPSA) is 84.2 Å². The first kappa shape index (κ1) is 16.2. The molecule has 0 bridgehead atoms. The number of thiophene rings is 1. The van der Waals surface area contributed by atoms with Crippen LogP contribution in [0.25, 0.3) is 0 Å². The van der Waals surface area contributed by atoms with Crippen LogP contribution in [0.4, 0.5) is 0 Å². The second kappa shape index (κ2) is 6.69. The Labute approximate surface area is 128 Å². The Hall–Kier alpha value is -1.22. The summed E-state index contributed by atoms with van der Waals surface area (Å²) in [5, 5.41) is 4.92. The monoisotopic (exact) mass is 329 g/mol. The minimum absolute atomic E-state index is 0.309. The van der Waals surface area contributed by atoms with Gasteiger partial charge in [0.25, 0.3) is 0 Å². The van der Waals surface area contributed by atoms with Crippen molar-refractivity contribution in [2.24, 2.45) is 0 Å². The van der Waals surface area contributed by atoms with Gasteiger partial charge in [-0.05, 0) is 31.8 Å². The van der Waals surface area contributed by atoms with Crippen molar-refractivity contribution < 1.29 is 12.8 Å². The molecule has 21 heavy (non-hydrogen) atoms. The quantitative estimate of drug-likeness (QED) is 0.813. The van der Waals surface area contributed by atoms with Crippen LogP contribution in [0.1, 0.15) is 36.4 Å². The summed E-state index contributed by atoms with van der Waals surface area (Å²) in [5.41, 5.74) is 0. The lowest BCUT2D eigenvalue weighted by molar-refractivity contribution is 0.427. The highest BCUT2D eigenvalue weighted by Gasteiger charge is 2.24. The smallest absolute Gasteiger partial charge is 0.242 e. The van der Waals surface area contributed by atoms with E-state index in [0.29, 0.717) is 23.1 Å². The molecule has 6 nitrogen and oxygen atoms in total. The van der Waals surface area contributed by atoms with E-state index in [0.717, 1.165) is 11.4 Å². The molecule has 116 valence electrons. The Balaban J connectivity index is 2.16. The molecule has 0 aromatic carbocycles. The minimum atomic E-state index is -3.60. The largest absolute Gasteiger partial charge is 0.444 e. The van der Waals surface area contributed by atoms with Crippen LogP contribution in [0.3, 0.4) is 0 Å². The van der Waals surface area contributed by atoms with E-state index in [-0.39, 0.29) is 0 Å². The van der Waals surface area contributed by atoms with Gasteiger partial charge in [0.05, 0.1) is 17.1 Å². The van der Waals surface area contributed by atoms with E-state index in [4.69, 9.17) is 4.42 Å². The Morgan fingerprint density at radius 3 is 2.86 bits per heavy atom. The number of aromatic nitrogens is 1. The van der Waals surface area contributed by atoms with Gasteiger partial charge < -0.3 is 9.73 Å². The summed E-state index contributed by atoms with van der Waals surface area (Å²) in [6.07, 6.45) is 1.57. The zero-order valence-electron chi connectivity index (χ0n) is 12.2. The number of hydrogen-bond donors (Lipinski definition) is 2. The second-order valence-corrected chi connectivity index (χ2v) is 7.32. The standard InChI is InChI=1S/C13H19N3O3S2/c1-4-14-8-11-12(5-6-20-11)21(17,18)16-10(3)13-15-7-9(2)19-13/h5-7,10,14,16H,4,8H2,1-3H3. The van der Waals surface area contributed by atoms with Crippen molar-refractivity contribution in [3.63, 3.8) is 0 Å². The normalized spacial score (nSPS) is 13.5. The van der Waals surface area contributed by atoms with Gasteiger partial charge in [-0.25, -0.2) is 13.4 Å². The lowest BCUT2D eigenvalue weighted by atomic mass is 10.4. The summed E-state index contributed by atoms with van der Waals surface area (Å²) in [4.78, 5) is 5.15. The van der Waals surface area contributed by atoms with Crippen molar-refractivity contribution in [2.75, 3.05) is 6.54 Å². The average molecular weight is 329 g/mol. The molecule has 0 saturated heterocycles. The fraction of sp³-hybridized carbons (Fsp3) is 0.462. The van der Waals surface area contributed by atoms with E-state index in [1.807, 2.05) is 6.92 Å². The Kier molecular flexibility index (Phi) is 5.15. The van der Waals surface area contributed by atoms with Crippen LogP contribution in [-0.2, 0) is 16.6 Å². The lowest BCUT2D eigenvalue weighted by Gasteiger charge is -2.12. The number of nitrogens with zero attached hydrogens (tertiary/aromatic N) is 1. The maximum atomic E-state index is 12.5. The predicted octanol–water partition coefficient (Wildman–Crippen LogP) is 2.19. The van der Waals surface area contributed by atoms with E-state index in [1.165, 1.54) is 11.3 Å². The fourth-order valence-electron chi connectivity index (χ4n) is 1.85. The van der Waals surface area contributed by atoms with Crippen molar-refractivity contribution in [2.45, 2.75) is 38.3 Å². The van der Waals surface area contributed by atoms with Crippen LogP contribution in [0.15, 0.2) is 27.0 Å². The maximum Gasteiger partial charge on any atom is 0.242 e. The van der Waals surface area contributed by atoms with Crippen LogP contribution < -0.4 is 10.0 Å². The number of rotatable bonds is 7. The first-order valence-electron chi connectivity index (χ1n) is 6.65. The van der Waals surface area contributed by atoms with Crippen LogP contribution in [0.5, 0.6) is 0 Å². The molecule has 2 aromatic heterocycles. The van der Waals surface area contributed by atoms with Crippen LogP contribution in [0, 0.1) is 6.92 Å².